The molecule has 1 aromatic carbocycles. The van der Waals surface area contributed by atoms with Gasteiger partial charge in [0.05, 0.1) is 19.1 Å². The molecule has 1 aliphatic rings. The van der Waals surface area contributed by atoms with Crippen molar-refractivity contribution >= 4 is 17.7 Å². The number of aliphatic carboxylic acids is 1. The molecule has 1 aromatic rings. The Bertz CT molecular complexity index is 711. The summed E-state index contributed by atoms with van der Waals surface area (Å²) in [5.41, 5.74) is -0.417. The van der Waals surface area contributed by atoms with Crippen LogP contribution >= 0.6 is 0 Å². The zero-order valence-corrected chi connectivity index (χ0v) is 16.3. The first-order chi connectivity index (χ1) is 13.4. The topological polar surface area (TPSA) is 111 Å². The molecule has 2 rings (SSSR count). The van der Waals surface area contributed by atoms with E-state index in [0.717, 1.165) is 0 Å². The molecule has 28 heavy (non-hydrogen) atoms. The van der Waals surface area contributed by atoms with Crippen LogP contribution in [0.15, 0.2) is 18.2 Å². The number of carboxylic acids is 1. The van der Waals surface area contributed by atoms with Crippen molar-refractivity contribution in [3.8, 4) is 11.5 Å². The number of hydrogen-bond donors (Lipinski definition) is 2. The van der Waals surface area contributed by atoms with Gasteiger partial charge >= 0.3 is 5.97 Å². The van der Waals surface area contributed by atoms with Gasteiger partial charge in [0.2, 0.25) is 5.91 Å². The Morgan fingerprint density at radius 1 is 1.21 bits per heavy atom. The number of hydrogen-bond acceptors (Lipinski definition) is 6. The molecule has 8 heteroatoms. The highest BCUT2D eigenvalue weighted by Crippen LogP contribution is 2.30. The maximum Gasteiger partial charge on any atom is 0.311 e. The molecule has 0 spiro atoms. The molecule has 8 nitrogen and oxygen atoms in total. The van der Waals surface area contributed by atoms with Gasteiger partial charge in [0.25, 0.3) is 0 Å². The fraction of sp³-hybridized carbons (Fsp3) is 0.550. The standard InChI is InChI=1S/C20H27NO7/c1-14(22)15-5-6-16(17(12-15)26-2)28-9-3-4-18(23)21-13-20(19(24)25)7-10-27-11-8-20/h5-6,12H,3-4,7-11,13H2,1-2H3,(H,21,23)(H,24,25). The van der Waals surface area contributed by atoms with Gasteiger partial charge in [-0.2, -0.15) is 0 Å². The van der Waals surface area contributed by atoms with Crippen molar-refractivity contribution < 1.29 is 33.7 Å². The molecular weight excluding hydrogens is 366 g/mol. The summed E-state index contributed by atoms with van der Waals surface area (Å²) in [4.78, 5) is 35.0. The number of rotatable bonds is 10. The van der Waals surface area contributed by atoms with E-state index in [1.165, 1.54) is 14.0 Å². The summed E-state index contributed by atoms with van der Waals surface area (Å²) in [6.45, 7) is 2.65. The average Bonchev–Trinajstić information content (AvgIpc) is 2.70. The summed E-state index contributed by atoms with van der Waals surface area (Å²) in [5.74, 6) is -0.222. The number of benzene rings is 1. The number of ether oxygens (including phenoxy) is 3. The van der Waals surface area contributed by atoms with Gasteiger partial charge in [-0.25, -0.2) is 0 Å². The Labute approximate surface area is 164 Å². The Morgan fingerprint density at radius 3 is 2.54 bits per heavy atom. The largest absolute Gasteiger partial charge is 0.493 e. The molecule has 0 saturated carbocycles. The maximum absolute atomic E-state index is 12.1. The second kappa shape index (κ2) is 10.1. The number of carboxylic acid groups (broad SMARTS) is 1. The van der Waals surface area contributed by atoms with Crippen LogP contribution in [0.5, 0.6) is 11.5 Å². The van der Waals surface area contributed by atoms with Gasteiger partial charge in [0.15, 0.2) is 17.3 Å². The molecule has 0 bridgehead atoms. The number of methoxy groups -OCH3 is 1. The minimum atomic E-state index is -0.948. The monoisotopic (exact) mass is 393 g/mol. The van der Waals surface area contributed by atoms with Crippen molar-refractivity contribution in [3.05, 3.63) is 23.8 Å². The first-order valence-electron chi connectivity index (χ1n) is 9.27. The van der Waals surface area contributed by atoms with E-state index in [9.17, 15) is 19.5 Å². The summed E-state index contributed by atoms with van der Waals surface area (Å²) in [7, 11) is 1.49. The lowest BCUT2D eigenvalue weighted by Gasteiger charge is -2.33. The predicted octanol–water partition coefficient (Wildman–Crippen LogP) is 2.05. The lowest BCUT2D eigenvalue weighted by atomic mass is 9.80. The minimum absolute atomic E-state index is 0.0646. The number of carbonyl (C=O) groups excluding carboxylic acids is 2. The molecule has 1 amide bonds. The van der Waals surface area contributed by atoms with Crippen molar-refractivity contribution in [1.29, 1.82) is 0 Å². The summed E-state index contributed by atoms with van der Waals surface area (Å²) in [5, 5.41) is 12.2. The van der Waals surface area contributed by atoms with E-state index in [4.69, 9.17) is 14.2 Å². The second-order valence-corrected chi connectivity index (χ2v) is 6.85. The zero-order valence-electron chi connectivity index (χ0n) is 16.3. The van der Waals surface area contributed by atoms with E-state index >= 15 is 0 Å². The van der Waals surface area contributed by atoms with Gasteiger partial charge in [-0.1, -0.05) is 0 Å². The number of amides is 1. The minimum Gasteiger partial charge on any atom is -0.493 e. The lowest BCUT2D eigenvalue weighted by molar-refractivity contribution is -0.154. The van der Waals surface area contributed by atoms with E-state index in [1.54, 1.807) is 18.2 Å². The van der Waals surface area contributed by atoms with Gasteiger partial charge in [0.1, 0.15) is 0 Å². The summed E-state index contributed by atoms with van der Waals surface area (Å²) >= 11 is 0. The molecule has 0 radical (unpaired) electrons. The van der Waals surface area contributed by atoms with E-state index in [0.29, 0.717) is 56.1 Å². The number of Topliss-reactive ketones (excluding diaryl/α,β-unsaturated/α-hetero) is 1. The Balaban J connectivity index is 1.76. The Hall–Kier alpha value is -2.61. The van der Waals surface area contributed by atoms with Crippen LogP contribution in [-0.4, -0.2) is 56.2 Å². The third-order valence-electron chi connectivity index (χ3n) is 4.90. The molecule has 0 aromatic heterocycles. The van der Waals surface area contributed by atoms with Gasteiger partial charge < -0.3 is 24.6 Å². The first-order valence-corrected chi connectivity index (χ1v) is 9.27. The Kier molecular flexibility index (Phi) is 7.80. The van der Waals surface area contributed by atoms with Gasteiger partial charge in [-0.15, -0.1) is 0 Å². The normalized spacial score (nSPS) is 15.5. The summed E-state index contributed by atoms with van der Waals surface area (Å²) in [6, 6.07) is 4.94. The molecule has 0 atom stereocenters. The molecule has 1 aliphatic heterocycles. The van der Waals surface area contributed by atoms with E-state index in [1.807, 2.05) is 0 Å². The van der Waals surface area contributed by atoms with Crippen molar-refractivity contribution in [3.63, 3.8) is 0 Å². The van der Waals surface area contributed by atoms with E-state index < -0.39 is 11.4 Å². The molecule has 0 unspecified atom stereocenters. The molecule has 1 heterocycles. The van der Waals surface area contributed by atoms with E-state index in [-0.39, 0.29) is 24.7 Å². The van der Waals surface area contributed by atoms with Crippen LogP contribution < -0.4 is 14.8 Å². The summed E-state index contributed by atoms with van der Waals surface area (Å²) in [6.07, 6.45) is 1.47. The van der Waals surface area contributed by atoms with Crippen LogP contribution in [-0.2, 0) is 14.3 Å². The van der Waals surface area contributed by atoms with Crippen molar-refractivity contribution in [2.75, 3.05) is 33.5 Å². The van der Waals surface area contributed by atoms with Crippen LogP contribution in [0.1, 0.15) is 43.0 Å². The highest BCUT2D eigenvalue weighted by Gasteiger charge is 2.40. The van der Waals surface area contributed by atoms with E-state index in [2.05, 4.69) is 5.32 Å². The molecule has 2 N–H and O–H groups in total. The van der Waals surface area contributed by atoms with Crippen LogP contribution in [0.2, 0.25) is 0 Å². The van der Waals surface area contributed by atoms with Crippen molar-refractivity contribution in [1.82, 2.24) is 5.32 Å². The fourth-order valence-corrected chi connectivity index (χ4v) is 3.01. The maximum atomic E-state index is 12.1. The smallest absolute Gasteiger partial charge is 0.311 e. The van der Waals surface area contributed by atoms with Crippen LogP contribution in [0.4, 0.5) is 0 Å². The zero-order chi connectivity index (χ0) is 20.6. The Morgan fingerprint density at radius 2 is 1.93 bits per heavy atom. The van der Waals surface area contributed by atoms with Crippen LogP contribution in [0.25, 0.3) is 0 Å². The fourth-order valence-electron chi connectivity index (χ4n) is 3.01. The number of ketones is 1. The first kappa shape index (κ1) is 21.7. The third kappa shape index (κ3) is 5.69. The predicted molar refractivity (Wildman–Crippen MR) is 101 cm³/mol. The quantitative estimate of drug-likeness (QED) is 0.462. The van der Waals surface area contributed by atoms with Gasteiger partial charge in [0, 0.05) is 31.7 Å². The SMILES string of the molecule is COc1cc(C(C)=O)ccc1OCCCC(=O)NCC1(C(=O)O)CCOCC1. The molecule has 0 aliphatic carbocycles. The van der Waals surface area contributed by atoms with Crippen molar-refractivity contribution in [2.45, 2.75) is 32.6 Å². The lowest BCUT2D eigenvalue weighted by Crippen LogP contribution is -2.46. The highest BCUT2D eigenvalue weighted by atomic mass is 16.5. The van der Waals surface area contributed by atoms with Gasteiger partial charge in [-0.3, -0.25) is 14.4 Å². The molecular formula is C20H27NO7. The average molecular weight is 393 g/mol. The molecule has 1 saturated heterocycles. The number of nitrogens with one attached hydrogen (secondary N) is 1. The molecule has 154 valence electrons. The second-order valence-electron chi connectivity index (χ2n) is 6.85. The summed E-state index contributed by atoms with van der Waals surface area (Å²) < 4.78 is 16.1. The van der Waals surface area contributed by atoms with Crippen LogP contribution in [0, 0.1) is 5.41 Å². The van der Waals surface area contributed by atoms with Crippen LogP contribution in [0.3, 0.4) is 0 Å². The van der Waals surface area contributed by atoms with Gasteiger partial charge in [-0.05, 0) is 44.4 Å². The third-order valence-corrected chi connectivity index (χ3v) is 4.90. The highest BCUT2D eigenvalue weighted by molar-refractivity contribution is 5.94. The van der Waals surface area contributed by atoms with Crippen molar-refractivity contribution in [2.24, 2.45) is 5.41 Å². The number of carbonyl (C=O) groups is 3. The molecule has 1 fully saturated rings.